The minimum Gasteiger partial charge on any atom is -0.468 e. The number of thioether (sulfide) groups is 1. The second kappa shape index (κ2) is 14.7. The van der Waals surface area contributed by atoms with E-state index in [4.69, 9.17) is 18.6 Å². The standard InChI is InChI=1S/C36H40FN5O5SSi/c1-7-25-28(37)11-10-22-15-24(46-21-44-2)16-27(31(22)25)30-17-29-32(35(43)47-30)33(41-36(40-29)48-3)39-18-23-19-42(20-45-13-14-49(4,5)6)34-26(23)9-8-12-38-34/h8-12,15-17,19H,7,13-14,18,20-21H2,1-6H3,(H,39,40,41). The number of hydrogen-bond acceptors (Lipinski definition) is 10. The lowest BCUT2D eigenvalue weighted by Gasteiger charge is -2.15. The Morgan fingerprint density at radius 2 is 1.94 bits per heavy atom. The van der Waals surface area contributed by atoms with Gasteiger partial charge >= 0.3 is 5.63 Å². The van der Waals surface area contributed by atoms with Crippen molar-refractivity contribution in [2.75, 3.05) is 32.1 Å². The largest absolute Gasteiger partial charge is 0.468 e. The first-order valence-corrected chi connectivity index (χ1v) is 21.0. The van der Waals surface area contributed by atoms with E-state index in [1.54, 1.807) is 24.4 Å². The van der Waals surface area contributed by atoms with E-state index in [2.05, 4.69) is 39.9 Å². The predicted molar refractivity (Wildman–Crippen MR) is 196 cm³/mol. The van der Waals surface area contributed by atoms with Crippen molar-refractivity contribution in [1.82, 2.24) is 19.5 Å². The number of benzene rings is 2. The number of hydrogen-bond donors (Lipinski definition) is 1. The van der Waals surface area contributed by atoms with Gasteiger partial charge in [-0.15, -0.1) is 0 Å². The van der Waals surface area contributed by atoms with E-state index in [0.717, 1.165) is 28.0 Å². The van der Waals surface area contributed by atoms with E-state index in [-0.39, 0.29) is 23.8 Å². The highest BCUT2D eigenvalue weighted by Gasteiger charge is 2.20. The van der Waals surface area contributed by atoms with Crippen molar-refractivity contribution in [3.8, 4) is 17.1 Å². The van der Waals surface area contributed by atoms with Crippen LogP contribution in [0.15, 0.2) is 69.2 Å². The van der Waals surface area contributed by atoms with Crippen LogP contribution in [-0.4, -0.2) is 54.4 Å². The first-order chi connectivity index (χ1) is 23.6. The number of pyridine rings is 1. The Morgan fingerprint density at radius 3 is 2.69 bits per heavy atom. The molecule has 0 radical (unpaired) electrons. The highest BCUT2D eigenvalue weighted by atomic mass is 32.2. The molecule has 1 N–H and O–H groups in total. The van der Waals surface area contributed by atoms with Crippen LogP contribution in [0.5, 0.6) is 5.75 Å². The number of anilines is 1. The summed E-state index contributed by atoms with van der Waals surface area (Å²) in [5.41, 5.74) is 2.61. The first kappa shape index (κ1) is 34.6. The third kappa shape index (κ3) is 7.49. The number of halogens is 1. The molecule has 10 nitrogen and oxygen atoms in total. The van der Waals surface area contributed by atoms with Crippen LogP contribution in [0.1, 0.15) is 18.1 Å². The Labute approximate surface area is 289 Å². The zero-order chi connectivity index (χ0) is 34.7. The van der Waals surface area contributed by atoms with Gasteiger partial charge in [0, 0.05) is 57.7 Å². The van der Waals surface area contributed by atoms with Gasteiger partial charge in [0.05, 0.1) is 5.52 Å². The number of ether oxygens (including phenoxy) is 3. The maximum absolute atomic E-state index is 15.1. The van der Waals surface area contributed by atoms with E-state index >= 15 is 4.39 Å². The van der Waals surface area contributed by atoms with Gasteiger partial charge in [0.25, 0.3) is 0 Å². The molecule has 0 unspecified atom stereocenters. The predicted octanol–water partition coefficient (Wildman–Crippen LogP) is 8.08. The van der Waals surface area contributed by atoms with Gasteiger partial charge in [0.2, 0.25) is 0 Å². The van der Waals surface area contributed by atoms with Gasteiger partial charge in [0.1, 0.15) is 40.9 Å². The molecule has 13 heteroatoms. The Balaban J connectivity index is 1.38. The molecular formula is C36H40FN5O5SSi. The van der Waals surface area contributed by atoms with E-state index < -0.39 is 13.7 Å². The summed E-state index contributed by atoms with van der Waals surface area (Å²) in [7, 11) is 0.320. The molecule has 2 aromatic carbocycles. The maximum atomic E-state index is 15.1. The molecule has 0 atom stereocenters. The summed E-state index contributed by atoms with van der Waals surface area (Å²) >= 11 is 1.36. The van der Waals surface area contributed by atoms with Gasteiger partial charge in [-0.2, -0.15) is 0 Å². The topological polar surface area (TPSA) is 114 Å². The van der Waals surface area contributed by atoms with Gasteiger partial charge in [-0.3, -0.25) is 0 Å². The van der Waals surface area contributed by atoms with Crippen LogP contribution >= 0.6 is 11.8 Å². The lowest BCUT2D eigenvalue weighted by Crippen LogP contribution is -2.22. The molecule has 0 aliphatic heterocycles. The van der Waals surface area contributed by atoms with Crippen molar-refractivity contribution in [3.63, 3.8) is 0 Å². The molecule has 49 heavy (non-hydrogen) atoms. The number of rotatable bonds is 14. The quantitative estimate of drug-likeness (QED) is 0.0393. The molecule has 0 aliphatic carbocycles. The summed E-state index contributed by atoms with van der Waals surface area (Å²) in [5.74, 6) is 0.752. The molecule has 4 heterocycles. The van der Waals surface area contributed by atoms with Crippen LogP contribution in [0.25, 0.3) is 44.0 Å². The molecule has 256 valence electrons. The fraction of sp³-hybridized carbons (Fsp3) is 0.333. The summed E-state index contributed by atoms with van der Waals surface area (Å²) < 4.78 is 39.9. The van der Waals surface area contributed by atoms with Crippen molar-refractivity contribution in [3.05, 3.63) is 82.2 Å². The van der Waals surface area contributed by atoms with Crippen LogP contribution in [-0.2, 0) is 29.2 Å². The summed E-state index contributed by atoms with van der Waals surface area (Å²) in [5, 5.41) is 6.43. The number of nitrogens with one attached hydrogen (secondary N) is 1. The smallest absolute Gasteiger partial charge is 0.349 e. The number of nitrogens with zero attached hydrogens (tertiary/aromatic N) is 4. The highest BCUT2D eigenvalue weighted by molar-refractivity contribution is 7.98. The molecule has 0 fully saturated rings. The Bertz CT molecular complexity index is 2200. The maximum Gasteiger partial charge on any atom is 0.349 e. The lowest BCUT2D eigenvalue weighted by atomic mass is 9.95. The molecule has 0 aliphatic rings. The SMILES string of the molecule is CCc1c(F)ccc2cc(OCOC)cc(-c3cc4nc(SC)nc(NCc5cn(COCC[Si](C)(C)C)c6ncccc56)c4c(=O)o3)c12. The average Bonchev–Trinajstić information content (AvgIpc) is 3.44. The molecular weight excluding hydrogens is 662 g/mol. The second-order valence-corrected chi connectivity index (χ2v) is 19.3. The molecule has 0 amide bonds. The third-order valence-electron chi connectivity index (χ3n) is 8.27. The van der Waals surface area contributed by atoms with Crippen molar-refractivity contribution in [1.29, 1.82) is 0 Å². The third-order valence-corrected chi connectivity index (χ3v) is 10.5. The minimum absolute atomic E-state index is 0.0220. The molecule has 0 spiro atoms. The molecule has 4 aromatic heterocycles. The Kier molecular flexibility index (Phi) is 10.3. The van der Waals surface area contributed by atoms with Crippen LogP contribution < -0.4 is 15.7 Å². The minimum atomic E-state index is -1.21. The molecule has 6 rings (SSSR count). The highest BCUT2D eigenvalue weighted by Crippen LogP contribution is 2.37. The van der Waals surface area contributed by atoms with E-state index in [0.29, 0.717) is 65.1 Å². The first-order valence-electron chi connectivity index (χ1n) is 16.1. The number of aryl methyl sites for hydroxylation is 1. The van der Waals surface area contributed by atoms with Gasteiger partial charge < -0.3 is 28.5 Å². The lowest BCUT2D eigenvalue weighted by molar-refractivity contribution is 0.0512. The van der Waals surface area contributed by atoms with Crippen LogP contribution in [0.3, 0.4) is 0 Å². The zero-order valence-corrected chi connectivity index (χ0v) is 30.4. The zero-order valence-electron chi connectivity index (χ0n) is 28.6. The van der Waals surface area contributed by atoms with Crippen molar-refractivity contribution in [2.24, 2.45) is 0 Å². The van der Waals surface area contributed by atoms with E-state index in [1.807, 2.05) is 42.1 Å². The Morgan fingerprint density at radius 1 is 1.10 bits per heavy atom. The average molecular weight is 702 g/mol. The van der Waals surface area contributed by atoms with Gasteiger partial charge in [-0.25, -0.2) is 24.1 Å². The normalized spacial score (nSPS) is 12.0. The molecule has 0 bridgehead atoms. The van der Waals surface area contributed by atoms with Gasteiger partial charge in [-0.1, -0.05) is 44.4 Å². The summed E-state index contributed by atoms with van der Waals surface area (Å²) in [6.45, 7) is 10.4. The summed E-state index contributed by atoms with van der Waals surface area (Å²) in [6, 6.07) is 13.4. The number of methoxy groups -OCH3 is 1. The molecule has 0 saturated carbocycles. The summed E-state index contributed by atoms with van der Waals surface area (Å²) in [4.78, 5) is 27.8. The van der Waals surface area contributed by atoms with Crippen LogP contribution in [0.2, 0.25) is 25.7 Å². The molecule has 6 aromatic rings. The number of fused-ring (bicyclic) bond motifs is 3. The fourth-order valence-electron chi connectivity index (χ4n) is 5.81. The van der Waals surface area contributed by atoms with Crippen molar-refractivity contribution in [2.45, 2.75) is 57.5 Å². The van der Waals surface area contributed by atoms with Crippen LogP contribution in [0, 0.1) is 5.82 Å². The fourth-order valence-corrected chi connectivity index (χ4v) is 6.94. The van der Waals surface area contributed by atoms with Gasteiger partial charge in [0.15, 0.2) is 11.9 Å². The van der Waals surface area contributed by atoms with Crippen molar-refractivity contribution < 1.29 is 23.0 Å². The van der Waals surface area contributed by atoms with Gasteiger partial charge in [-0.05, 0) is 71.0 Å². The van der Waals surface area contributed by atoms with E-state index in [1.165, 1.54) is 24.9 Å². The summed E-state index contributed by atoms with van der Waals surface area (Å²) in [6.07, 6.45) is 6.10. The Hall–Kier alpha value is -4.30. The van der Waals surface area contributed by atoms with Crippen molar-refractivity contribution >= 4 is 58.4 Å². The number of aromatic nitrogens is 4. The van der Waals surface area contributed by atoms with Crippen LogP contribution in [0.4, 0.5) is 10.2 Å². The van der Waals surface area contributed by atoms with E-state index in [9.17, 15) is 4.79 Å². The molecule has 0 saturated heterocycles. The second-order valence-electron chi connectivity index (χ2n) is 12.9. The monoisotopic (exact) mass is 701 g/mol.